The first kappa shape index (κ1) is 15.2. The second-order valence-corrected chi connectivity index (χ2v) is 3.70. The van der Waals surface area contributed by atoms with Crippen LogP contribution in [-0.2, 0) is 9.53 Å². The zero-order valence-corrected chi connectivity index (χ0v) is 10.3. The average Bonchev–Trinajstić information content (AvgIpc) is 2.29. The lowest BCUT2D eigenvalue weighted by molar-refractivity contribution is -0.149. The van der Waals surface area contributed by atoms with Crippen molar-refractivity contribution in [2.45, 2.75) is 24.9 Å². The Bertz CT molecular complexity index is 327. The molecule has 0 unspecified atom stereocenters. The molecule has 0 aliphatic carbocycles. The SMILES string of the molecule is C=CCC(=C)C(CC=C)(CC=C)OC(=O)C=C. The van der Waals surface area contributed by atoms with Crippen LogP contribution in [0.3, 0.4) is 0 Å². The van der Waals surface area contributed by atoms with Gasteiger partial charge in [-0.2, -0.15) is 0 Å². The van der Waals surface area contributed by atoms with Gasteiger partial charge < -0.3 is 4.74 Å². The largest absolute Gasteiger partial charge is 0.451 e. The standard InChI is InChI=1S/C15H20O2/c1-6-10-13(5)15(11-7-2,12-8-3)17-14(16)9-4/h6-9H,1-5,10-12H2. The lowest BCUT2D eigenvalue weighted by Crippen LogP contribution is -2.35. The number of rotatable bonds is 9. The van der Waals surface area contributed by atoms with Gasteiger partial charge in [-0.3, -0.25) is 0 Å². The van der Waals surface area contributed by atoms with E-state index in [1.54, 1.807) is 18.2 Å². The topological polar surface area (TPSA) is 26.3 Å². The van der Waals surface area contributed by atoms with Crippen molar-refractivity contribution < 1.29 is 9.53 Å². The van der Waals surface area contributed by atoms with Crippen LogP contribution in [0.15, 0.2) is 62.8 Å². The third-order valence-corrected chi connectivity index (χ3v) is 2.45. The van der Waals surface area contributed by atoms with Crippen molar-refractivity contribution in [1.29, 1.82) is 0 Å². The van der Waals surface area contributed by atoms with Gasteiger partial charge in [0.05, 0.1) is 0 Å². The van der Waals surface area contributed by atoms with Gasteiger partial charge in [-0.05, 0) is 12.0 Å². The summed E-state index contributed by atoms with van der Waals surface area (Å²) in [6.45, 7) is 18.4. The van der Waals surface area contributed by atoms with E-state index in [-0.39, 0.29) is 0 Å². The van der Waals surface area contributed by atoms with Gasteiger partial charge in [-0.15, -0.1) is 19.7 Å². The first-order valence-electron chi connectivity index (χ1n) is 5.42. The van der Waals surface area contributed by atoms with Crippen LogP contribution in [0.2, 0.25) is 0 Å². The smallest absolute Gasteiger partial charge is 0.331 e. The van der Waals surface area contributed by atoms with Crippen molar-refractivity contribution in [3.05, 3.63) is 62.8 Å². The first-order chi connectivity index (χ1) is 8.06. The van der Waals surface area contributed by atoms with Crippen molar-refractivity contribution in [1.82, 2.24) is 0 Å². The number of hydrogen-bond donors (Lipinski definition) is 0. The molecule has 92 valence electrons. The van der Waals surface area contributed by atoms with Gasteiger partial charge in [0, 0.05) is 18.9 Å². The maximum absolute atomic E-state index is 11.4. The molecule has 0 radical (unpaired) electrons. The third kappa shape index (κ3) is 4.27. The predicted molar refractivity (Wildman–Crippen MR) is 72.6 cm³/mol. The van der Waals surface area contributed by atoms with Crippen molar-refractivity contribution in [3.63, 3.8) is 0 Å². The van der Waals surface area contributed by atoms with E-state index in [9.17, 15) is 4.79 Å². The van der Waals surface area contributed by atoms with Gasteiger partial charge >= 0.3 is 5.97 Å². The normalized spacial score (nSPS) is 10.1. The fourth-order valence-electron chi connectivity index (χ4n) is 1.59. The summed E-state index contributed by atoms with van der Waals surface area (Å²) in [6, 6.07) is 0. The number of esters is 1. The molecule has 0 heterocycles. The highest BCUT2D eigenvalue weighted by molar-refractivity contribution is 5.81. The van der Waals surface area contributed by atoms with E-state index < -0.39 is 11.6 Å². The summed E-state index contributed by atoms with van der Waals surface area (Å²) < 4.78 is 5.44. The zero-order valence-electron chi connectivity index (χ0n) is 10.3. The van der Waals surface area contributed by atoms with E-state index in [4.69, 9.17) is 4.74 Å². The van der Waals surface area contributed by atoms with E-state index in [0.29, 0.717) is 19.3 Å². The molecule has 0 N–H and O–H groups in total. The van der Waals surface area contributed by atoms with Gasteiger partial charge in [-0.25, -0.2) is 4.79 Å². The molecule has 0 aromatic rings. The number of allylic oxidation sites excluding steroid dienone is 1. The molecule has 0 fully saturated rings. The maximum atomic E-state index is 11.4. The van der Waals surface area contributed by atoms with Gasteiger partial charge in [0.25, 0.3) is 0 Å². The molecular weight excluding hydrogens is 212 g/mol. The summed E-state index contributed by atoms with van der Waals surface area (Å²) in [5, 5.41) is 0. The van der Waals surface area contributed by atoms with E-state index in [0.717, 1.165) is 11.6 Å². The molecule has 2 nitrogen and oxygen atoms in total. The summed E-state index contributed by atoms with van der Waals surface area (Å²) in [5.41, 5.74) is -0.00863. The Morgan fingerprint density at radius 3 is 1.94 bits per heavy atom. The minimum atomic E-state index is -0.789. The van der Waals surface area contributed by atoms with Crippen molar-refractivity contribution in [2.24, 2.45) is 0 Å². The van der Waals surface area contributed by atoms with Crippen LogP contribution in [0.4, 0.5) is 0 Å². The molecular formula is C15H20O2. The maximum Gasteiger partial charge on any atom is 0.331 e. The molecule has 0 atom stereocenters. The quantitative estimate of drug-likeness (QED) is 0.344. The molecule has 0 aromatic carbocycles. The van der Waals surface area contributed by atoms with Crippen molar-refractivity contribution >= 4 is 5.97 Å². The van der Waals surface area contributed by atoms with E-state index >= 15 is 0 Å². The fourth-order valence-corrected chi connectivity index (χ4v) is 1.59. The van der Waals surface area contributed by atoms with Gasteiger partial charge in [-0.1, -0.05) is 31.4 Å². The Hall–Kier alpha value is -1.83. The summed E-state index contributed by atoms with van der Waals surface area (Å²) >= 11 is 0. The molecule has 0 aromatic heterocycles. The molecule has 0 rings (SSSR count). The van der Waals surface area contributed by atoms with Crippen LogP contribution in [-0.4, -0.2) is 11.6 Å². The lowest BCUT2D eigenvalue weighted by Gasteiger charge is -2.33. The molecule has 0 spiro atoms. The highest BCUT2D eigenvalue weighted by atomic mass is 16.6. The third-order valence-electron chi connectivity index (χ3n) is 2.45. The summed E-state index contributed by atoms with van der Waals surface area (Å²) in [4.78, 5) is 11.4. The van der Waals surface area contributed by atoms with Crippen LogP contribution in [0, 0.1) is 0 Å². The highest BCUT2D eigenvalue weighted by Crippen LogP contribution is 2.32. The summed E-state index contributed by atoms with van der Waals surface area (Å²) in [6.07, 6.45) is 7.83. The fraction of sp³-hybridized carbons (Fsp3) is 0.267. The average molecular weight is 232 g/mol. The molecule has 2 heteroatoms. The molecule has 0 bridgehead atoms. The molecule has 0 amide bonds. The van der Waals surface area contributed by atoms with Gasteiger partial charge in [0.1, 0.15) is 5.60 Å². The molecule has 0 aliphatic heterocycles. The molecule has 0 aliphatic rings. The summed E-state index contributed by atoms with van der Waals surface area (Å²) in [5.74, 6) is -0.473. The van der Waals surface area contributed by atoms with Crippen LogP contribution in [0.5, 0.6) is 0 Å². The number of carbonyl (C=O) groups excluding carboxylic acids is 1. The van der Waals surface area contributed by atoms with Gasteiger partial charge in [0.2, 0.25) is 0 Å². The summed E-state index contributed by atoms with van der Waals surface area (Å²) in [7, 11) is 0. The van der Waals surface area contributed by atoms with Crippen molar-refractivity contribution in [3.8, 4) is 0 Å². The number of hydrogen-bond acceptors (Lipinski definition) is 2. The van der Waals surface area contributed by atoms with Crippen LogP contribution in [0.1, 0.15) is 19.3 Å². The Balaban J connectivity index is 5.21. The highest BCUT2D eigenvalue weighted by Gasteiger charge is 2.33. The zero-order chi connectivity index (χ0) is 13.3. The minimum Gasteiger partial charge on any atom is -0.451 e. The number of carbonyl (C=O) groups is 1. The van der Waals surface area contributed by atoms with E-state index in [1.165, 1.54) is 0 Å². The Labute approximate surface area is 104 Å². The monoisotopic (exact) mass is 232 g/mol. The number of ether oxygens (including phenoxy) is 1. The van der Waals surface area contributed by atoms with Gasteiger partial charge in [0.15, 0.2) is 0 Å². The Morgan fingerprint density at radius 2 is 1.59 bits per heavy atom. The minimum absolute atomic E-state index is 0.473. The predicted octanol–water partition coefficient (Wildman–Crippen LogP) is 3.74. The Morgan fingerprint density at radius 1 is 1.06 bits per heavy atom. The first-order valence-corrected chi connectivity index (χ1v) is 5.42. The second-order valence-electron chi connectivity index (χ2n) is 3.70. The Kier molecular flexibility index (Phi) is 6.64. The van der Waals surface area contributed by atoms with Crippen LogP contribution in [0.25, 0.3) is 0 Å². The van der Waals surface area contributed by atoms with E-state index in [1.807, 2.05) is 0 Å². The molecule has 0 saturated carbocycles. The van der Waals surface area contributed by atoms with Crippen LogP contribution < -0.4 is 0 Å². The molecule has 17 heavy (non-hydrogen) atoms. The van der Waals surface area contributed by atoms with E-state index in [2.05, 4.69) is 32.9 Å². The lowest BCUT2D eigenvalue weighted by atomic mass is 9.85. The van der Waals surface area contributed by atoms with Crippen LogP contribution >= 0.6 is 0 Å². The van der Waals surface area contributed by atoms with Crippen molar-refractivity contribution in [2.75, 3.05) is 0 Å². The second kappa shape index (κ2) is 7.44. The molecule has 0 saturated heterocycles.